The molecule has 0 radical (unpaired) electrons. The first-order valence-corrected chi connectivity index (χ1v) is 10.5. The van der Waals surface area contributed by atoms with Gasteiger partial charge in [-0.05, 0) is 74.0 Å². The maximum absolute atomic E-state index is 12.8. The molecule has 28 heavy (non-hydrogen) atoms. The molecular weight excluding hydrogens is 352 g/mol. The van der Waals surface area contributed by atoms with E-state index in [4.69, 9.17) is 0 Å². The van der Waals surface area contributed by atoms with Gasteiger partial charge in [-0.3, -0.25) is 9.59 Å². The van der Waals surface area contributed by atoms with E-state index >= 15 is 0 Å². The van der Waals surface area contributed by atoms with Gasteiger partial charge in [0, 0.05) is 23.2 Å². The lowest BCUT2D eigenvalue weighted by Gasteiger charge is -2.60. The maximum atomic E-state index is 12.8. The van der Waals surface area contributed by atoms with Crippen molar-refractivity contribution in [2.24, 2.45) is 22.7 Å². The molecule has 4 aliphatic rings. The molecule has 0 heterocycles. The SMILES string of the molecule is CC(C)(C)C(=O)Nc1cccc(NC(=O)CC23CC4CC(CC(O)(C4)C2)C3)c1. The lowest BCUT2D eigenvalue weighted by Crippen LogP contribution is -2.56. The van der Waals surface area contributed by atoms with Crippen molar-refractivity contribution in [1.29, 1.82) is 0 Å². The molecule has 1 aromatic carbocycles. The topological polar surface area (TPSA) is 78.4 Å². The van der Waals surface area contributed by atoms with E-state index in [9.17, 15) is 14.7 Å². The van der Waals surface area contributed by atoms with E-state index in [1.165, 1.54) is 6.42 Å². The fourth-order valence-electron chi connectivity index (χ4n) is 6.15. The first-order chi connectivity index (χ1) is 13.0. The highest BCUT2D eigenvalue weighted by Crippen LogP contribution is 2.62. The smallest absolute Gasteiger partial charge is 0.229 e. The number of hydrogen-bond donors (Lipinski definition) is 3. The summed E-state index contributed by atoms with van der Waals surface area (Å²) in [4.78, 5) is 25.0. The molecule has 4 bridgehead atoms. The van der Waals surface area contributed by atoms with Gasteiger partial charge in [0.2, 0.25) is 11.8 Å². The molecule has 4 fully saturated rings. The average Bonchev–Trinajstić information content (AvgIpc) is 2.50. The summed E-state index contributed by atoms with van der Waals surface area (Å²) in [5.74, 6) is 1.10. The second-order valence-electron chi connectivity index (χ2n) is 10.7. The summed E-state index contributed by atoms with van der Waals surface area (Å²) < 4.78 is 0. The molecule has 4 saturated carbocycles. The minimum Gasteiger partial charge on any atom is -0.390 e. The second kappa shape index (κ2) is 6.58. The Balaban J connectivity index is 1.41. The third-order valence-electron chi connectivity index (χ3n) is 6.77. The molecular formula is C23H32N2O3. The summed E-state index contributed by atoms with van der Waals surface area (Å²) in [5, 5.41) is 16.8. The highest BCUT2D eigenvalue weighted by Gasteiger charge is 2.57. The minimum absolute atomic E-state index is 0.00449. The Morgan fingerprint density at radius 3 is 2.25 bits per heavy atom. The average molecular weight is 385 g/mol. The quantitative estimate of drug-likeness (QED) is 0.723. The summed E-state index contributed by atoms with van der Waals surface area (Å²) in [5.41, 5.74) is 0.322. The summed E-state index contributed by atoms with van der Waals surface area (Å²) in [6.07, 6.45) is 6.44. The predicted molar refractivity (Wildman–Crippen MR) is 110 cm³/mol. The van der Waals surface area contributed by atoms with Crippen LogP contribution in [-0.2, 0) is 9.59 Å². The molecule has 3 N–H and O–H groups in total. The zero-order chi connectivity index (χ0) is 20.2. The molecule has 0 saturated heterocycles. The molecule has 152 valence electrons. The van der Waals surface area contributed by atoms with Crippen molar-refractivity contribution in [3.8, 4) is 0 Å². The van der Waals surface area contributed by atoms with Crippen LogP contribution in [-0.4, -0.2) is 22.5 Å². The number of hydrogen-bond acceptors (Lipinski definition) is 3. The zero-order valence-corrected chi connectivity index (χ0v) is 17.2. The van der Waals surface area contributed by atoms with Gasteiger partial charge in [0.1, 0.15) is 0 Å². The van der Waals surface area contributed by atoms with Gasteiger partial charge >= 0.3 is 0 Å². The second-order valence-corrected chi connectivity index (χ2v) is 10.7. The molecule has 0 aromatic heterocycles. The fraction of sp³-hybridized carbons (Fsp3) is 0.652. The molecule has 5 nitrogen and oxygen atoms in total. The van der Waals surface area contributed by atoms with Crippen LogP contribution in [0.15, 0.2) is 24.3 Å². The van der Waals surface area contributed by atoms with E-state index in [0.717, 1.165) is 32.1 Å². The summed E-state index contributed by atoms with van der Waals surface area (Å²) in [7, 11) is 0. The Hall–Kier alpha value is -1.88. The monoisotopic (exact) mass is 384 g/mol. The van der Waals surface area contributed by atoms with Gasteiger partial charge in [0.05, 0.1) is 5.60 Å². The van der Waals surface area contributed by atoms with E-state index in [-0.39, 0.29) is 17.2 Å². The van der Waals surface area contributed by atoms with Gasteiger partial charge in [-0.25, -0.2) is 0 Å². The van der Waals surface area contributed by atoms with Crippen molar-refractivity contribution in [3.63, 3.8) is 0 Å². The van der Waals surface area contributed by atoms with Crippen LogP contribution in [0.5, 0.6) is 0 Å². The molecule has 4 aliphatic carbocycles. The third kappa shape index (κ3) is 3.95. The van der Waals surface area contributed by atoms with Gasteiger partial charge in [-0.1, -0.05) is 26.8 Å². The lowest BCUT2D eigenvalue weighted by atomic mass is 9.47. The number of carbonyl (C=O) groups excluding carboxylic acids is 2. The van der Waals surface area contributed by atoms with Crippen LogP contribution >= 0.6 is 0 Å². The normalized spacial score (nSPS) is 33.6. The number of benzene rings is 1. The van der Waals surface area contributed by atoms with Crippen LogP contribution in [0.3, 0.4) is 0 Å². The molecule has 2 unspecified atom stereocenters. The molecule has 0 spiro atoms. The van der Waals surface area contributed by atoms with Gasteiger partial charge in [0.15, 0.2) is 0 Å². The first-order valence-electron chi connectivity index (χ1n) is 10.5. The van der Waals surface area contributed by atoms with Crippen LogP contribution < -0.4 is 10.6 Å². The Labute approximate surface area is 167 Å². The van der Waals surface area contributed by atoms with Gasteiger partial charge in [-0.15, -0.1) is 0 Å². The zero-order valence-electron chi connectivity index (χ0n) is 17.2. The molecule has 2 amide bonds. The largest absolute Gasteiger partial charge is 0.390 e. The summed E-state index contributed by atoms with van der Waals surface area (Å²) in [6.45, 7) is 5.61. The molecule has 1 aromatic rings. The third-order valence-corrected chi connectivity index (χ3v) is 6.77. The molecule has 0 aliphatic heterocycles. The van der Waals surface area contributed by atoms with Crippen LogP contribution in [0.2, 0.25) is 0 Å². The van der Waals surface area contributed by atoms with Gasteiger partial charge in [0.25, 0.3) is 0 Å². The number of carbonyl (C=O) groups is 2. The number of amides is 2. The van der Waals surface area contributed by atoms with Crippen molar-refractivity contribution in [1.82, 2.24) is 0 Å². The number of anilines is 2. The molecule has 5 rings (SSSR count). The minimum atomic E-state index is -0.540. The van der Waals surface area contributed by atoms with Crippen molar-refractivity contribution >= 4 is 23.2 Å². The molecule has 5 heteroatoms. The Morgan fingerprint density at radius 1 is 1.07 bits per heavy atom. The standard InChI is InChI=1S/C23H32N2O3/c1-21(2,3)20(27)25-18-6-4-5-17(8-18)24-19(26)13-22-9-15-7-16(10-22)12-23(28,11-15)14-22/h4-6,8,15-16,28H,7,9-14H2,1-3H3,(H,24,26)(H,25,27). The fourth-order valence-corrected chi connectivity index (χ4v) is 6.15. The highest BCUT2D eigenvalue weighted by atomic mass is 16.3. The van der Waals surface area contributed by atoms with Crippen molar-refractivity contribution in [2.75, 3.05) is 10.6 Å². The number of nitrogens with one attached hydrogen (secondary N) is 2. The Morgan fingerprint density at radius 2 is 1.68 bits per heavy atom. The maximum Gasteiger partial charge on any atom is 0.229 e. The van der Waals surface area contributed by atoms with Crippen molar-refractivity contribution < 1.29 is 14.7 Å². The van der Waals surface area contributed by atoms with Crippen molar-refractivity contribution in [2.45, 2.75) is 71.3 Å². The number of aliphatic hydroxyl groups is 1. The number of rotatable bonds is 4. The van der Waals surface area contributed by atoms with Crippen LogP contribution in [0.25, 0.3) is 0 Å². The van der Waals surface area contributed by atoms with Crippen LogP contribution in [0, 0.1) is 22.7 Å². The Kier molecular flexibility index (Phi) is 4.57. The van der Waals surface area contributed by atoms with Crippen molar-refractivity contribution in [3.05, 3.63) is 24.3 Å². The van der Waals surface area contributed by atoms with E-state index < -0.39 is 11.0 Å². The van der Waals surface area contributed by atoms with E-state index in [1.807, 2.05) is 39.0 Å². The molecule has 2 atom stereocenters. The highest BCUT2D eigenvalue weighted by molar-refractivity contribution is 5.96. The van der Waals surface area contributed by atoms with E-state index in [1.54, 1.807) is 6.07 Å². The summed E-state index contributed by atoms with van der Waals surface area (Å²) >= 11 is 0. The van der Waals surface area contributed by atoms with E-state index in [2.05, 4.69) is 10.6 Å². The Bertz CT molecular complexity index is 781. The first kappa shape index (κ1) is 19.4. The van der Waals surface area contributed by atoms with Gasteiger partial charge in [-0.2, -0.15) is 0 Å². The predicted octanol–water partition coefficient (Wildman–Crippen LogP) is 4.33. The van der Waals surface area contributed by atoms with E-state index in [0.29, 0.717) is 29.6 Å². The lowest BCUT2D eigenvalue weighted by molar-refractivity contribution is -0.167. The van der Waals surface area contributed by atoms with Crippen LogP contribution in [0.4, 0.5) is 11.4 Å². The summed E-state index contributed by atoms with van der Waals surface area (Å²) in [6, 6.07) is 7.31. The van der Waals surface area contributed by atoms with Gasteiger partial charge < -0.3 is 15.7 Å². The van der Waals surface area contributed by atoms with Crippen LogP contribution in [0.1, 0.15) is 65.7 Å².